The van der Waals surface area contributed by atoms with Crippen LogP contribution in [0, 0.1) is 0 Å². The minimum absolute atomic E-state index is 0.0979. The van der Waals surface area contributed by atoms with Crippen molar-refractivity contribution in [3.63, 3.8) is 0 Å². The molecule has 4 rings (SSSR count). The summed E-state index contributed by atoms with van der Waals surface area (Å²) in [5, 5.41) is 5.50. The van der Waals surface area contributed by atoms with Crippen molar-refractivity contribution >= 4 is 38.1 Å². The molecule has 0 aromatic carbocycles. The summed E-state index contributed by atoms with van der Waals surface area (Å²) in [6, 6.07) is 2.14. The quantitative estimate of drug-likeness (QED) is 0.521. The van der Waals surface area contributed by atoms with Crippen molar-refractivity contribution in [2.75, 3.05) is 6.26 Å². The lowest BCUT2D eigenvalue weighted by Crippen LogP contribution is -2.29. The van der Waals surface area contributed by atoms with Gasteiger partial charge in [-0.05, 0) is 55.6 Å². The van der Waals surface area contributed by atoms with Gasteiger partial charge in [0.2, 0.25) is 0 Å². The number of aryl methyl sites for hydroxylation is 1. The molecule has 1 saturated carbocycles. The van der Waals surface area contributed by atoms with E-state index >= 15 is 0 Å². The van der Waals surface area contributed by atoms with Crippen LogP contribution in [0.15, 0.2) is 16.9 Å². The van der Waals surface area contributed by atoms with Gasteiger partial charge in [0.05, 0.1) is 11.4 Å². The zero-order valence-corrected chi connectivity index (χ0v) is 19.7. The molecule has 1 fully saturated rings. The Kier molecular flexibility index (Phi) is 5.08. The third kappa shape index (κ3) is 3.74. The van der Waals surface area contributed by atoms with Crippen molar-refractivity contribution in [3.8, 4) is 11.4 Å². The maximum atomic E-state index is 6.23. The van der Waals surface area contributed by atoms with E-state index in [1.807, 2.05) is 13.2 Å². The Bertz CT molecular complexity index is 1030. The van der Waals surface area contributed by atoms with Crippen molar-refractivity contribution < 1.29 is 4.18 Å². The molecule has 0 radical (unpaired) electrons. The topological polar surface area (TPSA) is 57.8 Å². The Morgan fingerprint density at radius 2 is 1.96 bits per heavy atom. The minimum Gasteiger partial charge on any atom is -0.330 e. The highest BCUT2D eigenvalue weighted by Crippen LogP contribution is 2.44. The zero-order valence-electron chi connectivity index (χ0n) is 17.3. The molecule has 3 aromatic heterocycles. The first-order chi connectivity index (χ1) is 13.1. The van der Waals surface area contributed by atoms with Crippen LogP contribution in [-0.2, 0) is 36.1 Å². The fraction of sp³-hybridized carbons (Fsp3) is 0.550. The normalized spacial score (nSPS) is 16.1. The van der Waals surface area contributed by atoms with Gasteiger partial charge in [0, 0.05) is 37.2 Å². The van der Waals surface area contributed by atoms with E-state index in [0.717, 1.165) is 32.7 Å². The van der Waals surface area contributed by atoms with Crippen LogP contribution in [0.2, 0.25) is 0 Å². The first-order valence-corrected chi connectivity index (χ1v) is 11.9. The lowest BCUT2D eigenvalue weighted by molar-refractivity contribution is 0.338. The van der Waals surface area contributed by atoms with Crippen LogP contribution in [0.5, 0.6) is 0 Å². The fourth-order valence-electron chi connectivity index (χ4n) is 3.25. The Morgan fingerprint density at radius 3 is 2.61 bits per heavy atom. The van der Waals surface area contributed by atoms with Crippen LogP contribution in [0.3, 0.4) is 0 Å². The smallest absolute Gasteiger partial charge is 0.181 e. The third-order valence-electron chi connectivity index (χ3n) is 5.22. The minimum atomic E-state index is -0.185. The van der Waals surface area contributed by atoms with Crippen molar-refractivity contribution in [1.82, 2.24) is 24.3 Å². The molecule has 0 N–H and O–H groups in total. The van der Waals surface area contributed by atoms with Gasteiger partial charge in [0.25, 0.3) is 0 Å². The third-order valence-corrected chi connectivity index (χ3v) is 8.00. The molecule has 0 saturated heterocycles. The number of nitrogens with zero attached hydrogens (tertiary/aromatic N) is 5. The van der Waals surface area contributed by atoms with Gasteiger partial charge >= 0.3 is 0 Å². The second-order valence-corrected chi connectivity index (χ2v) is 11.6. The Labute approximate surface area is 177 Å². The molecule has 0 spiro atoms. The first kappa shape index (κ1) is 19.9. The highest BCUT2D eigenvalue weighted by atomic mass is 79.9. The predicted octanol–water partition coefficient (Wildman–Crippen LogP) is 4.49. The number of aromatic nitrogens is 5. The average Bonchev–Trinajstić information content (AvgIpc) is 3.29. The molecule has 8 heteroatoms. The van der Waals surface area contributed by atoms with Crippen LogP contribution in [0.25, 0.3) is 22.4 Å². The second kappa shape index (κ2) is 7.15. The van der Waals surface area contributed by atoms with Gasteiger partial charge in [-0.25, -0.2) is 9.97 Å². The summed E-state index contributed by atoms with van der Waals surface area (Å²) in [6.45, 7) is 7.04. The van der Waals surface area contributed by atoms with Gasteiger partial charge < -0.3 is 4.57 Å². The molecule has 1 aliphatic rings. The van der Waals surface area contributed by atoms with E-state index in [2.05, 4.69) is 65.7 Å². The first-order valence-electron chi connectivity index (χ1n) is 9.50. The van der Waals surface area contributed by atoms with Crippen LogP contribution in [0.1, 0.15) is 50.9 Å². The summed E-state index contributed by atoms with van der Waals surface area (Å²) in [4.78, 5) is 9.70. The summed E-state index contributed by atoms with van der Waals surface area (Å²) in [5.41, 5.74) is 3.92. The molecule has 1 unspecified atom stereocenters. The SMILES string of the molecule is Cn1cc2cc(-c3nc(Br)c(C4CC4)n3C)c(CO[S+](C)C(C)(C)C)nc2n1. The number of hydrogen-bond acceptors (Lipinski definition) is 4. The second-order valence-electron chi connectivity index (χ2n) is 8.47. The number of fused-ring (bicyclic) bond motifs is 1. The van der Waals surface area contributed by atoms with E-state index in [1.54, 1.807) is 4.68 Å². The molecule has 3 aromatic rings. The van der Waals surface area contributed by atoms with Crippen LogP contribution >= 0.6 is 15.9 Å². The maximum Gasteiger partial charge on any atom is 0.181 e. The van der Waals surface area contributed by atoms with E-state index in [1.165, 1.54) is 18.5 Å². The molecule has 0 bridgehead atoms. The monoisotopic (exact) mass is 464 g/mol. The number of imidazole rings is 1. The molecule has 28 heavy (non-hydrogen) atoms. The molecule has 1 aliphatic carbocycles. The van der Waals surface area contributed by atoms with Crippen LogP contribution < -0.4 is 0 Å². The summed E-state index contributed by atoms with van der Waals surface area (Å²) in [6.07, 6.45) is 6.60. The molecular formula is C20H27BrN5OS+. The number of halogens is 1. The number of rotatable bonds is 5. The van der Waals surface area contributed by atoms with E-state index in [0.29, 0.717) is 12.5 Å². The van der Waals surface area contributed by atoms with Crippen molar-refractivity contribution in [2.24, 2.45) is 14.1 Å². The Balaban J connectivity index is 1.79. The zero-order chi connectivity index (χ0) is 20.2. The fourth-order valence-corrected chi connectivity index (χ4v) is 4.65. The number of pyridine rings is 1. The predicted molar refractivity (Wildman–Crippen MR) is 118 cm³/mol. The standard InChI is InChI=1S/C20H27BrN5OS/c1-20(2,3)28(6)27-11-15-14(9-13-10-25(4)24-18(13)22-15)19-23-17(21)16(26(19)5)12-7-8-12/h9-10,12H,7-8,11H2,1-6H3/q+1. The van der Waals surface area contributed by atoms with Crippen molar-refractivity contribution in [1.29, 1.82) is 0 Å². The molecule has 6 nitrogen and oxygen atoms in total. The van der Waals surface area contributed by atoms with Crippen molar-refractivity contribution in [3.05, 3.63) is 28.3 Å². The summed E-state index contributed by atoms with van der Waals surface area (Å²) < 4.78 is 11.3. The average molecular weight is 465 g/mol. The lowest BCUT2D eigenvalue weighted by Gasteiger charge is -2.16. The van der Waals surface area contributed by atoms with Gasteiger partial charge in [0.1, 0.15) is 34.5 Å². The largest absolute Gasteiger partial charge is 0.330 e. The molecule has 150 valence electrons. The van der Waals surface area contributed by atoms with E-state index in [9.17, 15) is 0 Å². The lowest BCUT2D eigenvalue weighted by atomic mass is 10.1. The van der Waals surface area contributed by atoms with Gasteiger partial charge in [-0.3, -0.25) is 4.68 Å². The maximum absolute atomic E-state index is 6.23. The molecular weight excluding hydrogens is 438 g/mol. The van der Waals surface area contributed by atoms with Crippen molar-refractivity contribution in [2.45, 2.75) is 50.9 Å². The highest BCUT2D eigenvalue weighted by molar-refractivity contribution is 9.10. The number of hydrogen-bond donors (Lipinski definition) is 0. The van der Waals surface area contributed by atoms with Gasteiger partial charge in [-0.2, -0.15) is 9.28 Å². The highest BCUT2D eigenvalue weighted by Gasteiger charge is 2.34. The van der Waals surface area contributed by atoms with E-state index < -0.39 is 0 Å². The molecule has 0 aliphatic heterocycles. The van der Waals surface area contributed by atoms with Gasteiger partial charge in [-0.1, -0.05) is 0 Å². The van der Waals surface area contributed by atoms with Gasteiger partial charge in [0.15, 0.2) is 10.4 Å². The van der Waals surface area contributed by atoms with Crippen LogP contribution in [-0.4, -0.2) is 35.3 Å². The van der Waals surface area contributed by atoms with E-state index in [4.69, 9.17) is 14.2 Å². The molecule has 1 atom stereocenters. The van der Waals surface area contributed by atoms with Gasteiger partial charge in [-0.15, -0.1) is 0 Å². The Morgan fingerprint density at radius 1 is 1.25 bits per heavy atom. The molecule has 3 heterocycles. The summed E-state index contributed by atoms with van der Waals surface area (Å²) >= 11 is 3.49. The van der Waals surface area contributed by atoms with E-state index in [-0.39, 0.29) is 15.9 Å². The molecule has 0 amide bonds. The summed E-state index contributed by atoms with van der Waals surface area (Å²) in [7, 11) is 4.02. The Hall–Kier alpha value is -1.38. The summed E-state index contributed by atoms with van der Waals surface area (Å²) in [5.74, 6) is 1.54. The van der Waals surface area contributed by atoms with Crippen LogP contribution in [0.4, 0.5) is 0 Å².